The quantitative estimate of drug-likeness (QED) is 0.545. The summed E-state index contributed by atoms with van der Waals surface area (Å²) in [5.74, 6) is 1.30. The zero-order chi connectivity index (χ0) is 17.2. The molecule has 0 aliphatic carbocycles. The number of amides is 1. The molecule has 0 bridgehead atoms. The third-order valence-electron chi connectivity index (χ3n) is 3.39. The number of thiophene rings is 1. The van der Waals surface area contributed by atoms with E-state index in [-0.39, 0.29) is 5.91 Å². The van der Waals surface area contributed by atoms with Gasteiger partial charge in [0.2, 0.25) is 5.91 Å². The number of nitrogens with one attached hydrogen (secondary N) is 1. The van der Waals surface area contributed by atoms with Crippen LogP contribution in [0.5, 0.6) is 11.5 Å². The van der Waals surface area contributed by atoms with Gasteiger partial charge in [0.05, 0.1) is 13.7 Å². The third-order valence-corrected chi connectivity index (χ3v) is 4.23. The van der Waals surface area contributed by atoms with Gasteiger partial charge in [-0.1, -0.05) is 25.5 Å². The van der Waals surface area contributed by atoms with E-state index in [9.17, 15) is 4.79 Å². The van der Waals surface area contributed by atoms with Crippen molar-refractivity contribution >= 4 is 23.3 Å². The van der Waals surface area contributed by atoms with Gasteiger partial charge in [-0.15, -0.1) is 11.3 Å². The Morgan fingerprint density at radius 1 is 1.29 bits per heavy atom. The van der Waals surface area contributed by atoms with Crippen LogP contribution >= 0.6 is 11.3 Å². The van der Waals surface area contributed by atoms with E-state index in [2.05, 4.69) is 12.2 Å². The number of hydrogen-bond donors (Lipinski definition) is 1. The molecule has 1 amide bonds. The number of unbranched alkanes of at least 4 members (excludes halogenated alkanes) is 1. The number of ether oxygens (including phenoxy) is 2. The Morgan fingerprint density at radius 2 is 2.17 bits per heavy atom. The first-order valence-corrected chi connectivity index (χ1v) is 8.90. The zero-order valence-electron chi connectivity index (χ0n) is 14.1. The molecule has 1 aromatic heterocycles. The normalized spacial score (nSPS) is 10.8. The molecule has 1 aromatic carbocycles. The molecule has 0 aliphatic heterocycles. The maximum absolute atomic E-state index is 11.9. The van der Waals surface area contributed by atoms with E-state index in [4.69, 9.17) is 9.47 Å². The van der Waals surface area contributed by atoms with Crippen LogP contribution in [0.3, 0.4) is 0 Å². The standard InChI is InChI=1S/C19H23NO3S/c1-3-4-11-23-17-9-7-15(13-18(17)22-2)14-20-19(21)10-8-16-6-5-12-24-16/h5-10,12-13H,3-4,11,14H2,1-2H3,(H,20,21)/b10-8+. The first-order valence-electron chi connectivity index (χ1n) is 8.02. The lowest BCUT2D eigenvalue weighted by Gasteiger charge is -2.12. The minimum absolute atomic E-state index is 0.120. The number of benzene rings is 1. The number of rotatable bonds is 9. The second kappa shape index (κ2) is 9.78. The van der Waals surface area contributed by atoms with Crippen molar-refractivity contribution in [2.24, 2.45) is 0 Å². The van der Waals surface area contributed by atoms with Gasteiger partial charge >= 0.3 is 0 Å². The average Bonchev–Trinajstić information content (AvgIpc) is 3.12. The molecule has 0 fully saturated rings. The Kier molecular flexibility index (Phi) is 7.36. The summed E-state index contributed by atoms with van der Waals surface area (Å²) in [6.45, 7) is 3.24. The van der Waals surface area contributed by atoms with Crippen LogP contribution in [0.25, 0.3) is 6.08 Å². The van der Waals surface area contributed by atoms with Crippen LogP contribution in [-0.4, -0.2) is 19.6 Å². The number of methoxy groups -OCH3 is 1. The van der Waals surface area contributed by atoms with Crippen molar-refractivity contribution in [1.82, 2.24) is 5.32 Å². The maximum atomic E-state index is 11.9. The number of carbonyl (C=O) groups is 1. The Labute approximate surface area is 147 Å². The van der Waals surface area contributed by atoms with Crippen molar-refractivity contribution in [3.8, 4) is 11.5 Å². The lowest BCUT2D eigenvalue weighted by Crippen LogP contribution is -2.20. The Morgan fingerprint density at radius 3 is 2.88 bits per heavy atom. The molecule has 0 radical (unpaired) electrons. The molecule has 1 heterocycles. The second-order valence-corrected chi connectivity index (χ2v) is 6.23. The highest BCUT2D eigenvalue weighted by Crippen LogP contribution is 2.28. The summed E-state index contributed by atoms with van der Waals surface area (Å²) in [6.07, 6.45) is 5.46. The molecule has 0 saturated carbocycles. The largest absolute Gasteiger partial charge is 0.493 e. The first kappa shape index (κ1) is 18.1. The van der Waals surface area contributed by atoms with Gasteiger partial charge in [-0.3, -0.25) is 4.79 Å². The maximum Gasteiger partial charge on any atom is 0.244 e. The first-order chi connectivity index (χ1) is 11.7. The smallest absolute Gasteiger partial charge is 0.244 e. The van der Waals surface area contributed by atoms with E-state index < -0.39 is 0 Å². The molecule has 0 spiro atoms. The van der Waals surface area contributed by atoms with Crippen LogP contribution < -0.4 is 14.8 Å². The van der Waals surface area contributed by atoms with Crippen molar-refractivity contribution in [2.75, 3.05) is 13.7 Å². The van der Waals surface area contributed by atoms with Crippen molar-refractivity contribution in [1.29, 1.82) is 0 Å². The summed E-state index contributed by atoms with van der Waals surface area (Å²) in [5, 5.41) is 4.85. The van der Waals surface area contributed by atoms with Gasteiger partial charge in [-0.05, 0) is 41.6 Å². The van der Waals surface area contributed by atoms with Crippen LogP contribution in [0.1, 0.15) is 30.2 Å². The molecule has 2 rings (SSSR count). The molecule has 5 heteroatoms. The van der Waals surface area contributed by atoms with Crippen LogP contribution in [0, 0.1) is 0 Å². The SMILES string of the molecule is CCCCOc1ccc(CNC(=O)/C=C/c2cccs2)cc1OC. The second-order valence-electron chi connectivity index (χ2n) is 5.25. The summed E-state index contributed by atoms with van der Waals surface area (Å²) in [5.41, 5.74) is 0.965. The Hall–Kier alpha value is -2.27. The van der Waals surface area contributed by atoms with Crippen LogP contribution in [0.2, 0.25) is 0 Å². The third kappa shape index (κ3) is 5.74. The monoisotopic (exact) mass is 345 g/mol. The summed E-state index contributed by atoms with van der Waals surface area (Å²) in [6, 6.07) is 9.64. The fourth-order valence-electron chi connectivity index (χ4n) is 2.06. The highest BCUT2D eigenvalue weighted by atomic mass is 32.1. The topological polar surface area (TPSA) is 47.6 Å². The minimum Gasteiger partial charge on any atom is -0.493 e. The van der Waals surface area contributed by atoms with E-state index in [1.54, 1.807) is 24.5 Å². The van der Waals surface area contributed by atoms with Crippen LogP contribution in [0.4, 0.5) is 0 Å². The summed E-state index contributed by atoms with van der Waals surface area (Å²) in [7, 11) is 1.62. The number of hydrogen-bond acceptors (Lipinski definition) is 4. The molecule has 0 saturated heterocycles. The average molecular weight is 345 g/mol. The predicted octanol–water partition coefficient (Wildman–Crippen LogP) is 4.27. The van der Waals surface area contributed by atoms with Gasteiger partial charge < -0.3 is 14.8 Å². The molecule has 24 heavy (non-hydrogen) atoms. The highest BCUT2D eigenvalue weighted by molar-refractivity contribution is 7.10. The van der Waals surface area contributed by atoms with E-state index in [1.165, 1.54) is 0 Å². The lowest BCUT2D eigenvalue weighted by molar-refractivity contribution is -0.116. The Balaban J connectivity index is 1.88. The summed E-state index contributed by atoms with van der Waals surface area (Å²) >= 11 is 1.60. The molecule has 0 aliphatic rings. The van der Waals surface area contributed by atoms with Gasteiger partial charge in [0.15, 0.2) is 11.5 Å². The van der Waals surface area contributed by atoms with Gasteiger partial charge in [-0.2, -0.15) is 0 Å². The molecule has 2 aromatic rings. The predicted molar refractivity (Wildman–Crippen MR) is 98.6 cm³/mol. The van der Waals surface area contributed by atoms with Crippen molar-refractivity contribution < 1.29 is 14.3 Å². The summed E-state index contributed by atoms with van der Waals surface area (Å²) in [4.78, 5) is 12.9. The molecule has 128 valence electrons. The highest BCUT2D eigenvalue weighted by Gasteiger charge is 2.06. The molecule has 1 N–H and O–H groups in total. The summed E-state index contributed by atoms with van der Waals surface area (Å²) < 4.78 is 11.1. The molecular formula is C19H23NO3S. The molecule has 0 unspecified atom stereocenters. The Bertz CT molecular complexity index is 665. The van der Waals surface area contributed by atoms with E-state index in [0.29, 0.717) is 18.9 Å². The van der Waals surface area contributed by atoms with E-state index in [1.807, 2.05) is 41.8 Å². The van der Waals surface area contributed by atoms with Gasteiger partial charge in [0.1, 0.15) is 0 Å². The van der Waals surface area contributed by atoms with Crippen LogP contribution in [0.15, 0.2) is 41.8 Å². The fourth-order valence-corrected chi connectivity index (χ4v) is 2.68. The fraction of sp³-hybridized carbons (Fsp3) is 0.316. The van der Waals surface area contributed by atoms with Crippen molar-refractivity contribution in [3.63, 3.8) is 0 Å². The lowest BCUT2D eigenvalue weighted by atomic mass is 10.2. The van der Waals surface area contributed by atoms with Crippen molar-refractivity contribution in [2.45, 2.75) is 26.3 Å². The van der Waals surface area contributed by atoms with Gasteiger partial charge in [-0.25, -0.2) is 0 Å². The number of carbonyl (C=O) groups excluding carboxylic acids is 1. The zero-order valence-corrected chi connectivity index (χ0v) is 14.9. The van der Waals surface area contributed by atoms with Crippen LogP contribution in [-0.2, 0) is 11.3 Å². The van der Waals surface area contributed by atoms with E-state index in [0.717, 1.165) is 29.0 Å². The molecule has 0 atom stereocenters. The van der Waals surface area contributed by atoms with Crippen molar-refractivity contribution in [3.05, 3.63) is 52.2 Å². The van der Waals surface area contributed by atoms with Gasteiger partial charge in [0, 0.05) is 17.5 Å². The minimum atomic E-state index is -0.120. The molecule has 4 nitrogen and oxygen atoms in total. The molecular weight excluding hydrogens is 322 g/mol. The van der Waals surface area contributed by atoms with Gasteiger partial charge in [0.25, 0.3) is 0 Å². The van der Waals surface area contributed by atoms with E-state index >= 15 is 0 Å².